The highest BCUT2D eigenvalue weighted by atomic mass is 32.1. The number of benzene rings is 1. The van der Waals surface area contributed by atoms with E-state index < -0.39 is 11.5 Å². The second kappa shape index (κ2) is 15.3. The van der Waals surface area contributed by atoms with Gasteiger partial charge >= 0.3 is 12.1 Å². The standard InChI is InChI=1S/C40H55N7O5S/c1-7-52-38(49)43-37(44-12-14-45(15-13-44)39(50)46-16-18-51-19-17-46)41-24-27(4)33-31-23-32(40(5,6)36(48)47-29-8-9-30(47)11-10-29)53-35(31)42-34(33)28-21-25(2)20-26(3)22-28/h20-23,27,29-30,42H,7-19,24H2,1-6H3,(H,41,43,49)/t27-,29?,30?/m1/s1. The SMILES string of the molecule is CCOC(=O)NC(=NC[C@@H](C)c1c(-c2cc(C)cc(C)c2)[nH]c2sc(C(C)(C)C(=O)N3C4CCC3CC4)cc12)N1CCN(C(=O)N2CCOCC2)CC1. The molecule has 4 amide bonds. The first-order valence-electron chi connectivity index (χ1n) is 19.4. The predicted octanol–water partition coefficient (Wildman–Crippen LogP) is 6.22. The number of carbonyl (C=O) groups excluding carboxylic acids is 3. The second-order valence-electron chi connectivity index (χ2n) is 15.7. The van der Waals surface area contributed by atoms with Crippen molar-refractivity contribution in [2.45, 2.75) is 90.6 Å². The van der Waals surface area contributed by atoms with E-state index in [1.54, 1.807) is 18.3 Å². The van der Waals surface area contributed by atoms with Crippen LogP contribution < -0.4 is 5.32 Å². The first kappa shape index (κ1) is 37.2. The van der Waals surface area contributed by atoms with Gasteiger partial charge in [-0.25, -0.2) is 9.59 Å². The zero-order valence-electron chi connectivity index (χ0n) is 32.1. The van der Waals surface area contributed by atoms with Crippen LogP contribution in [0.4, 0.5) is 9.59 Å². The molecule has 6 heterocycles. The van der Waals surface area contributed by atoms with Crippen LogP contribution >= 0.6 is 11.3 Å². The smallest absolute Gasteiger partial charge is 0.413 e. The Hall–Kier alpha value is -4.10. The molecule has 2 bridgehead atoms. The van der Waals surface area contributed by atoms with Gasteiger partial charge in [-0.15, -0.1) is 11.3 Å². The van der Waals surface area contributed by atoms with Crippen molar-refractivity contribution in [2.24, 2.45) is 4.99 Å². The second-order valence-corrected chi connectivity index (χ2v) is 16.8. The zero-order valence-corrected chi connectivity index (χ0v) is 32.9. The lowest BCUT2D eigenvalue weighted by atomic mass is 9.88. The quantitative estimate of drug-likeness (QED) is 0.219. The predicted molar refractivity (Wildman–Crippen MR) is 209 cm³/mol. The van der Waals surface area contributed by atoms with E-state index in [1.165, 1.54) is 11.1 Å². The summed E-state index contributed by atoms with van der Waals surface area (Å²) in [4.78, 5) is 59.0. The molecule has 0 saturated carbocycles. The van der Waals surface area contributed by atoms with Crippen molar-refractivity contribution in [3.05, 3.63) is 45.8 Å². The number of amides is 4. The molecule has 4 fully saturated rings. The largest absolute Gasteiger partial charge is 0.450 e. The fraction of sp³-hybridized carbons (Fsp3) is 0.600. The number of nitrogens with one attached hydrogen (secondary N) is 2. The minimum atomic E-state index is -0.642. The summed E-state index contributed by atoms with van der Waals surface area (Å²) < 4.78 is 10.7. The van der Waals surface area contributed by atoms with Crippen molar-refractivity contribution in [1.29, 1.82) is 0 Å². The molecule has 53 heavy (non-hydrogen) atoms. The molecule has 7 rings (SSSR count). The van der Waals surface area contributed by atoms with Gasteiger partial charge in [0.1, 0.15) is 4.83 Å². The van der Waals surface area contributed by atoms with Crippen molar-refractivity contribution in [2.75, 3.05) is 65.6 Å². The summed E-state index contributed by atoms with van der Waals surface area (Å²) in [6, 6.07) is 9.63. The number of aromatic nitrogens is 1. The Balaban J connectivity index is 1.17. The topological polar surface area (TPSA) is 123 Å². The van der Waals surface area contributed by atoms with Crippen molar-refractivity contribution >= 4 is 45.5 Å². The number of guanidine groups is 1. The maximum Gasteiger partial charge on any atom is 0.413 e. The van der Waals surface area contributed by atoms with Crippen molar-refractivity contribution in [3.63, 3.8) is 0 Å². The summed E-state index contributed by atoms with van der Waals surface area (Å²) >= 11 is 1.68. The lowest BCUT2D eigenvalue weighted by Crippen LogP contribution is -2.57. The van der Waals surface area contributed by atoms with Gasteiger partial charge in [0.25, 0.3) is 0 Å². The highest BCUT2D eigenvalue weighted by molar-refractivity contribution is 7.19. The highest BCUT2D eigenvalue weighted by Crippen LogP contribution is 2.46. The van der Waals surface area contributed by atoms with E-state index in [0.717, 1.165) is 57.6 Å². The third-order valence-electron chi connectivity index (χ3n) is 11.5. The van der Waals surface area contributed by atoms with E-state index in [2.05, 4.69) is 74.1 Å². The van der Waals surface area contributed by atoms with Gasteiger partial charge in [-0.1, -0.05) is 24.1 Å². The van der Waals surface area contributed by atoms with Gasteiger partial charge in [-0.05, 0) is 89.6 Å². The number of hydrogen-bond acceptors (Lipinski definition) is 7. The average molecular weight is 746 g/mol. The number of thiophene rings is 1. The summed E-state index contributed by atoms with van der Waals surface area (Å²) in [7, 11) is 0. The number of nitrogens with zero attached hydrogens (tertiary/aromatic N) is 5. The summed E-state index contributed by atoms with van der Waals surface area (Å²) in [5.74, 6) is 0.645. The third-order valence-corrected chi connectivity index (χ3v) is 12.9. The van der Waals surface area contributed by atoms with Crippen LogP contribution in [0.1, 0.15) is 80.9 Å². The fourth-order valence-electron chi connectivity index (χ4n) is 8.69. The van der Waals surface area contributed by atoms with Gasteiger partial charge in [0, 0.05) is 74.1 Å². The van der Waals surface area contributed by atoms with Crippen LogP contribution in [0.5, 0.6) is 0 Å². The van der Waals surface area contributed by atoms with Crippen molar-refractivity contribution in [1.82, 2.24) is 29.9 Å². The number of carbonyl (C=O) groups is 3. The number of rotatable bonds is 7. The first-order valence-corrected chi connectivity index (χ1v) is 20.2. The third kappa shape index (κ3) is 7.51. The number of urea groups is 1. The van der Waals surface area contributed by atoms with Crippen LogP contribution in [0, 0.1) is 13.8 Å². The van der Waals surface area contributed by atoms with E-state index >= 15 is 0 Å². The number of aryl methyl sites for hydroxylation is 2. The fourth-order valence-corrected chi connectivity index (χ4v) is 9.87. The summed E-state index contributed by atoms with van der Waals surface area (Å²) in [5, 5.41) is 4.02. The Morgan fingerprint density at radius 1 is 0.943 bits per heavy atom. The molecule has 0 aliphatic carbocycles. The Morgan fingerprint density at radius 3 is 2.17 bits per heavy atom. The van der Waals surface area contributed by atoms with E-state index in [1.807, 2.05) is 14.7 Å². The number of piperazine rings is 1. The number of aliphatic imine (C=N–C) groups is 1. The molecule has 4 saturated heterocycles. The Bertz CT molecular complexity index is 1830. The van der Waals surface area contributed by atoms with Crippen LogP contribution in [0.3, 0.4) is 0 Å². The number of aromatic amines is 1. The van der Waals surface area contributed by atoms with E-state index in [9.17, 15) is 14.4 Å². The van der Waals surface area contributed by atoms with E-state index in [4.69, 9.17) is 14.5 Å². The lowest BCUT2D eigenvalue weighted by molar-refractivity contribution is -0.137. The van der Waals surface area contributed by atoms with Gasteiger partial charge < -0.3 is 34.1 Å². The van der Waals surface area contributed by atoms with Crippen molar-refractivity contribution < 1.29 is 23.9 Å². The summed E-state index contributed by atoms with van der Waals surface area (Å²) in [5.41, 5.74) is 5.06. The molecule has 286 valence electrons. The highest BCUT2D eigenvalue weighted by Gasteiger charge is 2.47. The molecule has 12 nitrogen and oxygen atoms in total. The van der Waals surface area contributed by atoms with Gasteiger partial charge in [0.05, 0.1) is 30.9 Å². The average Bonchev–Trinajstić information content (AvgIpc) is 3.93. The number of ether oxygens (including phenoxy) is 2. The van der Waals surface area contributed by atoms with Gasteiger partial charge in [-0.3, -0.25) is 15.1 Å². The van der Waals surface area contributed by atoms with Crippen LogP contribution in [-0.4, -0.2) is 126 Å². The van der Waals surface area contributed by atoms with Crippen molar-refractivity contribution in [3.8, 4) is 11.3 Å². The molecule has 1 atom stereocenters. The molecular weight excluding hydrogens is 691 g/mol. The van der Waals surface area contributed by atoms with E-state index in [-0.39, 0.29) is 24.5 Å². The summed E-state index contributed by atoms with van der Waals surface area (Å²) in [6.07, 6.45) is 3.93. The number of H-pyrrole nitrogens is 1. The summed E-state index contributed by atoms with van der Waals surface area (Å²) in [6.45, 7) is 17.4. The first-order chi connectivity index (χ1) is 25.4. The van der Waals surface area contributed by atoms with Crippen LogP contribution in [0.2, 0.25) is 0 Å². The minimum absolute atomic E-state index is 0.0293. The number of fused-ring (bicyclic) bond motifs is 3. The Morgan fingerprint density at radius 2 is 1.55 bits per heavy atom. The van der Waals surface area contributed by atoms with Crippen LogP contribution in [0.15, 0.2) is 29.3 Å². The monoisotopic (exact) mass is 745 g/mol. The molecule has 4 aliphatic rings. The molecule has 1 aromatic carbocycles. The maximum absolute atomic E-state index is 14.1. The zero-order chi connectivity index (χ0) is 37.4. The Kier molecular flexibility index (Phi) is 10.8. The normalized spacial score (nSPS) is 21.4. The van der Waals surface area contributed by atoms with Gasteiger partial charge in [-0.2, -0.15) is 0 Å². The Labute approximate surface area is 316 Å². The molecule has 0 radical (unpaired) electrons. The molecule has 13 heteroatoms. The molecular formula is C40H55N7O5S. The molecule has 2 N–H and O–H groups in total. The van der Waals surface area contributed by atoms with Crippen LogP contribution in [-0.2, 0) is 19.7 Å². The number of alkyl carbamates (subject to hydrolysis) is 1. The molecule has 3 aromatic rings. The maximum atomic E-state index is 14.1. The lowest BCUT2D eigenvalue weighted by Gasteiger charge is -2.39. The molecule has 2 aromatic heterocycles. The van der Waals surface area contributed by atoms with Gasteiger partial charge in [0.15, 0.2) is 0 Å². The molecule has 0 spiro atoms. The molecule has 0 unspecified atom stereocenters. The number of morpholine rings is 1. The molecule has 4 aliphatic heterocycles. The number of hydrogen-bond donors (Lipinski definition) is 2. The van der Waals surface area contributed by atoms with Crippen LogP contribution in [0.25, 0.3) is 21.5 Å². The minimum Gasteiger partial charge on any atom is -0.450 e. The van der Waals surface area contributed by atoms with E-state index in [0.29, 0.717) is 77.1 Å². The van der Waals surface area contributed by atoms with Gasteiger partial charge in [0.2, 0.25) is 11.9 Å².